The Hall–Kier alpha value is -1.26. The number of rotatable bonds is 6. The zero-order valence-electron chi connectivity index (χ0n) is 11.8. The van der Waals surface area contributed by atoms with Crippen molar-refractivity contribution in [2.45, 2.75) is 26.3 Å². The summed E-state index contributed by atoms with van der Waals surface area (Å²) >= 11 is 0. The molecule has 1 aromatic carbocycles. The molecule has 0 aliphatic heterocycles. The monoisotopic (exact) mass is 298 g/mol. The van der Waals surface area contributed by atoms with E-state index in [1.807, 2.05) is 17.9 Å². The molecule has 0 spiro atoms. The molecule has 5 heteroatoms. The highest BCUT2D eigenvalue weighted by molar-refractivity contribution is 5.85. The van der Waals surface area contributed by atoms with Crippen LogP contribution in [-0.4, -0.2) is 29.0 Å². The van der Waals surface area contributed by atoms with Crippen LogP contribution in [0.15, 0.2) is 24.3 Å². The summed E-state index contributed by atoms with van der Waals surface area (Å²) in [7, 11) is 0. The van der Waals surface area contributed by atoms with Crippen molar-refractivity contribution in [3.8, 4) is 5.75 Å². The first-order valence-electron chi connectivity index (χ1n) is 6.87. The third kappa shape index (κ3) is 4.69. The molecule has 1 unspecified atom stereocenters. The van der Waals surface area contributed by atoms with Gasteiger partial charge in [-0.3, -0.25) is 4.79 Å². The van der Waals surface area contributed by atoms with Crippen molar-refractivity contribution >= 4 is 18.3 Å². The van der Waals surface area contributed by atoms with E-state index in [0.717, 1.165) is 12.1 Å². The van der Waals surface area contributed by atoms with E-state index < -0.39 is 0 Å². The van der Waals surface area contributed by atoms with Crippen molar-refractivity contribution in [2.75, 3.05) is 13.1 Å². The van der Waals surface area contributed by atoms with Crippen molar-refractivity contribution in [3.63, 3.8) is 0 Å². The fourth-order valence-corrected chi connectivity index (χ4v) is 2.13. The minimum atomic E-state index is -0.143. The van der Waals surface area contributed by atoms with E-state index in [0.29, 0.717) is 19.0 Å². The number of phenols is 1. The Labute approximate surface area is 126 Å². The van der Waals surface area contributed by atoms with Crippen molar-refractivity contribution in [3.05, 3.63) is 29.8 Å². The van der Waals surface area contributed by atoms with Gasteiger partial charge < -0.3 is 15.7 Å². The molecule has 1 amide bonds. The summed E-state index contributed by atoms with van der Waals surface area (Å²) in [5.41, 5.74) is 6.54. The third-order valence-corrected chi connectivity index (χ3v) is 3.55. The first kappa shape index (κ1) is 16.8. The average Bonchev–Trinajstić information content (AvgIpc) is 3.20. The SMILES string of the molecule is CC(CN)C(=O)N(Cc1cccc(O)c1)CC1CC1.Cl. The van der Waals surface area contributed by atoms with Crippen LogP contribution in [0.25, 0.3) is 0 Å². The predicted octanol–water partition coefficient (Wildman–Crippen LogP) is 2.15. The molecule has 0 saturated heterocycles. The molecule has 3 N–H and O–H groups in total. The molecule has 1 fully saturated rings. The predicted molar refractivity (Wildman–Crippen MR) is 81.7 cm³/mol. The number of hydrogen-bond acceptors (Lipinski definition) is 3. The smallest absolute Gasteiger partial charge is 0.226 e. The topological polar surface area (TPSA) is 66.6 Å². The molecular weight excluding hydrogens is 276 g/mol. The largest absolute Gasteiger partial charge is 0.508 e. The molecule has 4 nitrogen and oxygen atoms in total. The first-order valence-corrected chi connectivity index (χ1v) is 6.87. The molecule has 0 aromatic heterocycles. The normalized spacial score (nSPS) is 15.3. The van der Waals surface area contributed by atoms with Gasteiger partial charge in [0.15, 0.2) is 0 Å². The zero-order chi connectivity index (χ0) is 13.8. The molecule has 112 valence electrons. The van der Waals surface area contributed by atoms with Gasteiger partial charge in [-0.15, -0.1) is 12.4 Å². The molecule has 0 radical (unpaired) electrons. The fraction of sp³-hybridized carbons (Fsp3) is 0.533. The molecule has 20 heavy (non-hydrogen) atoms. The lowest BCUT2D eigenvalue weighted by Gasteiger charge is -2.25. The van der Waals surface area contributed by atoms with Crippen molar-refractivity contribution < 1.29 is 9.90 Å². The Balaban J connectivity index is 0.00000200. The van der Waals surface area contributed by atoms with Gasteiger partial charge in [-0.25, -0.2) is 0 Å². The Bertz CT molecular complexity index is 449. The standard InChI is InChI=1S/C15H22N2O2.ClH/c1-11(8-16)15(19)17(9-12-5-6-12)10-13-3-2-4-14(18)7-13;/h2-4,7,11-12,18H,5-6,8-10,16H2,1H3;1H. The van der Waals surface area contributed by atoms with Gasteiger partial charge in [0.25, 0.3) is 0 Å². The van der Waals surface area contributed by atoms with Crippen LogP contribution in [-0.2, 0) is 11.3 Å². The zero-order valence-corrected chi connectivity index (χ0v) is 12.6. The number of aromatic hydroxyl groups is 1. The highest BCUT2D eigenvalue weighted by atomic mass is 35.5. The van der Waals surface area contributed by atoms with Gasteiger partial charge in [0, 0.05) is 25.6 Å². The number of nitrogens with zero attached hydrogens (tertiary/aromatic N) is 1. The summed E-state index contributed by atoms with van der Waals surface area (Å²) in [4.78, 5) is 14.2. The van der Waals surface area contributed by atoms with Gasteiger partial charge in [0.2, 0.25) is 5.91 Å². The van der Waals surface area contributed by atoms with Gasteiger partial charge in [0.05, 0.1) is 0 Å². The average molecular weight is 299 g/mol. The summed E-state index contributed by atoms with van der Waals surface area (Å²) < 4.78 is 0. The number of benzene rings is 1. The maximum Gasteiger partial charge on any atom is 0.226 e. The summed E-state index contributed by atoms with van der Waals surface area (Å²) in [6.07, 6.45) is 2.42. The summed E-state index contributed by atoms with van der Waals surface area (Å²) in [5, 5.41) is 9.49. The van der Waals surface area contributed by atoms with Crippen LogP contribution in [0.3, 0.4) is 0 Å². The number of phenolic OH excluding ortho intramolecular Hbond substituents is 1. The van der Waals surface area contributed by atoms with Crippen molar-refractivity contribution in [1.29, 1.82) is 0 Å². The second-order valence-corrected chi connectivity index (χ2v) is 5.47. The Morgan fingerprint density at radius 1 is 1.50 bits per heavy atom. The summed E-state index contributed by atoms with van der Waals surface area (Å²) in [6.45, 7) is 3.59. The van der Waals surface area contributed by atoms with Crippen molar-refractivity contribution in [2.24, 2.45) is 17.6 Å². The maximum absolute atomic E-state index is 12.3. The molecule has 2 rings (SSSR count). The molecule has 1 aromatic rings. The van der Waals surface area contributed by atoms with Crippen LogP contribution in [0.2, 0.25) is 0 Å². The fourth-order valence-electron chi connectivity index (χ4n) is 2.13. The van der Waals surface area contributed by atoms with E-state index >= 15 is 0 Å². The number of halogens is 1. The molecular formula is C15H23ClN2O2. The van der Waals surface area contributed by atoms with Crippen LogP contribution in [0.4, 0.5) is 0 Å². The summed E-state index contributed by atoms with van der Waals surface area (Å²) in [5.74, 6) is 0.850. The first-order chi connectivity index (χ1) is 9.10. The Kier molecular flexibility index (Phi) is 6.30. The third-order valence-electron chi connectivity index (χ3n) is 3.55. The van der Waals surface area contributed by atoms with E-state index in [-0.39, 0.29) is 30.0 Å². The van der Waals surface area contributed by atoms with Crippen LogP contribution in [0.1, 0.15) is 25.3 Å². The van der Waals surface area contributed by atoms with Gasteiger partial charge in [-0.1, -0.05) is 19.1 Å². The maximum atomic E-state index is 12.3. The number of nitrogens with two attached hydrogens (primary N) is 1. The lowest BCUT2D eigenvalue weighted by atomic mass is 10.1. The van der Waals surface area contributed by atoms with E-state index in [9.17, 15) is 9.90 Å². The molecule has 1 aliphatic rings. The number of carbonyl (C=O) groups is 1. The summed E-state index contributed by atoms with van der Waals surface area (Å²) in [6, 6.07) is 7.08. The minimum absolute atomic E-state index is 0. The van der Waals surface area contributed by atoms with E-state index in [1.165, 1.54) is 12.8 Å². The molecule has 1 atom stereocenters. The molecule has 0 heterocycles. The Morgan fingerprint density at radius 3 is 2.75 bits per heavy atom. The van der Waals surface area contributed by atoms with Gasteiger partial charge in [-0.2, -0.15) is 0 Å². The molecule has 1 aliphatic carbocycles. The second-order valence-electron chi connectivity index (χ2n) is 5.47. The lowest BCUT2D eigenvalue weighted by Crippen LogP contribution is -2.38. The second kappa shape index (κ2) is 7.50. The minimum Gasteiger partial charge on any atom is -0.508 e. The van der Waals surface area contributed by atoms with E-state index in [1.54, 1.807) is 18.2 Å². The molecule has 1 saturated carbocycles. The van der Waals surface area contributed by atoms with Crippen molar-refractivity contribution in [1.82, 2.24) is 4.90 Å². The van der Waals surface area contributed by atoms with Crippen LogP contribution in [0, 0.1) is 11.8 Å². The van der Waals surface area contributed by atoms with E-state index in [2.05, 4.69) is 0 Å². The molecule has 0 bridgehead atoms. The highest BCUT2D eigenvalue weighted by Crippen LogP contribution is 2.30. The van der Waals surface area contributed by atoms with Crippen LogP contribution < -0.4 is 5.73 Å². The van der Waals surface area contributed by atoms with Gasteiger partial charge in [0.1, 0.15) is 5.75 Å². The number of carbonyl (C=O) groups excluding carboxylic acids is 1. The van der Waals surface area contributed by atoms with E-state index in [4.69, 9.17) is 5.73 Å². The van der Waals surface area contributed by atoms with Crippen LogP contribution in [0.5, 0.6) is 5.75 Å². The van der Waals surface area contributed by atoms with Crippen LogP contribution >= 0.6 is 12.4 Å². The number of amides is 1. The Morgan fingerprint density at radius 2 is 2.20 bits per heavy atom. The highest BCUT2D eigenvalue weighted by Gasteiger charge is 2.28. The quantitative estimate of drug-likeness (QED) is 0.845. The number of hydrogen-bond donors (Lipinski definition) is 2. The lowest BCUT2D eigenvalue weighted by molar-refractivity contribution is -0.135. The van der Waals surface area contributed by atoms with Gasteiger partial charge >= 0.3 is 0 Å². The van der Waals surface area contributed by atoms with Gasteiger partial charge in [-0.05, 0) is 36.5 Å².